The molecule has 33 heavy (non-hydrogen) atoms. The lowest BCUT2D eigenvalue weighted by Gasteiger charge is -2.39. The molecule has 6 heterocycles. The molecule has 3 aromatic rings. The summed E-state index contributed by atoms with van der Waals surface area (Å²) in [5, 5.41) is 9.86. The predicted octanol–water partition coefficient (Wildman–Crippen LogP) is 0.882. The largest absolute Gasteiger partial charge is 0.472 e. The van der Waals surface area contributed by atoms with Crippen LogP contribution < -0.4 is 11.2 Å². The molecule has 3 aromatic heterocycles. The number of aliphatic hydroxyl groups is 1. The van der Waals surface area contributed by atoms with E-state index in [4.69, 9.17) is 4.42 Å². The Morgan fingerprint density at radius 3 is 2.64 bits per heavy atom. The van der Waals surface area contributed by atoms with Gasteiger partial charge in [0.15, 0.2) is 11.2 Å². The van der Waals surface area contributed by atoms with Crippen LogP contribution in [0.15, 0.2) is 38.9 Å². The molecular formula is C22H26N6O5. The third-order valence-corrected chi connectivity index (χ3v) is 7.44. The molecule has 2 N–H and O–H groups in total. The highest BCUT2D eigenvalue weighted by Crippen LogP contribution is 2.42. The lowest BCUT2D eigenvalue weighted by Crippen LogP contribution is -2.44. The van der Waals surface area contributed by atoms with Gasteiger partial charge in [0.05, 0.1) is 25.0 Å². The van der Waals surface area contributed by atoms with E-state index in [1.807, 2.05) is 10.6 Å². The maximum atomic E-state index is 13.2. The number of hydrogen-bond acceptors (Lipinski definition) is 7. The van der Waals surface area contributed by atoms with Crippen molar-refractivity contribution in [1.82, 2.24) is 28.9 Å². The Balaban J connectivity index is 1.36. The third kappa shape index (κ3) is 3.34. The first kappa shape index (κ1) is 20.4. The summed E-state index contributed by atoms with van der Waals surface area (Å²) in [5.41, 5.74) is 0.0940. The minimum absolute atomic E-state index is 0.0255. The lowest BCUT2D eigenvalue weighted by atomic mass is 9.96. The summed E-state index contributed by atoms with van der Waals surface area (Å²) in [6.07, 6.45) is 8.77. The zero-order valence-electron chi connectivity index (χ0n) is 18.1. The highest BCUT2D eigenvalue weighted by atomic mass is 16.3. The number of nitrogens with one attached hydrogen (secondary N) is 1. The van der Waals surface area contributed by atoms with Gasteiger partial charge in [-0.3, -0.25) is 14.7 Å². The monoisotopic (exact) mass is 454 g/mol. The fourth-order valence-electron chi connectivity index (χ4n) is 5.87. The second-order valence-corrected chi connectivity index (χ2v) is 9.40. The highest BCUT2D eigenvalue weighted by Gasteiger charge is 2.42. The summed E-state index contributed by atoms with van der Waals surface area (Å²) < 4.78 is 8.09. The number of aromatic nitrogens is 4. The van der Waals surface area contributed by atoms with Gasteiger partial charge in [0.1, 0.15) is 0 Å². The molecule has 0 saturated carbocycles. The summed E-state index contributed by atoms with van der Waals surface area (Å²) >= 11 is 0. The van der Waals surface area contributed by atoms with Crippen LogP contribution in [0.5, 0.6) is 0 Å². The van der Waals surface area contributed by atoms with Crippen molar-refractivity contribution in [3.05, 3.63) is 51.3 Å². The number of nitrogens with zero attached hydrogens (tertiary/aromatic N) is 5. The molecule has 6 rings (SSSR count). The maximum absolute atomic E-state index is 13.2. The normalized spacial score (nSPS) is 27.6. The molecule has 1 amide bonds. The van der Waals surface area contributed by atoms with Crippen LogP contribution in [0.3, 0.4) is 0 Å². The highest BCUT2D eigenvalue weighted by molar-refractivity contribution is 5.86. The molecule has 174 valence electrons. The van der Waals surface area contributed by atoms with E-state index in [1.165, 1.54) is 4.90 Å². The first-order chi connectivity index (χ1) is 16.0. The summed E-state index contributed by atoms with van der Waals surface area (Å²) in [4.78, 5) is 49.0. The van der Waals surface area contributed by atoms with Gasteiger partial charge in [-0.2, -0.15) is 4.57 Å². The Hall–Kier alpha value is -3.18. The smallest absolute Gasteiger partial charge is 0.338 e. The lowest BCUT2D eigenvalue weighted by molar-refractivity contribution is 0.1000. The van der Waals surface area contributed by atoms with Crippen LogP contribution >= 0.6 is 0 Å². The molecular weight excluding hydrogens is 428 g/mol. The SMILES string of the molecule is O=C(N1CCC(O)C1)n1c(=O)[nH]c(=O)c2ncn(C3CC4CCC(C3)N4Cc3ccoc3)c21. The van der Waals surface area contributed by atoms with Crippen molar-refractivity contribution in [2.75, 3.05) is 13.1 Å². The minimum Gasteiger partial charge on any atom is -0.472 e. The molecule has 0 spiro atoms. The molecule has 11 nitrogen and oxygen atoms in total. The van der Waals surface area contributed by atoms with Gasteiger partial charge in [-0.25, -0.2) is 14.6 Å². The average molecular weight is 454 g/mol. The number of carbonyl (C=O) groups is 1. The number of fused-ring (bicyclic) bond motifs is 3. The van der Waals surface area contributed by atoms with Gasteiger partial charge >= 0.3 is 11.7 Å². The Bertz CT molecular complexity index is 1290. The van der Waals surface area contributed by atoms with Crippen LogP contribution in [0.2, 0.25) is 0 Å². The van der Waals surface area contributed by atoms with Crippen molar-refractivity contribution in [3.8, 4) is 0 Å². The van der Waals surface area contributed by atoms with E-state index in [0.29, 0.717) is 25.0 Å². The van der Waals surface area contributed by atoms with E-state index in [1.54, 1.807) is 18.9 Å². The topological polar surface area (TPSA) is 130 Å². The number of piperidine rings is 1. The van der Waals surface area contributed by atoms with Crippen molar-refractivity contribution in [2.45, 2.75) is 62.9 Å². The van der Waals surface area contributed by atoms with E-state index in [9.17, 15) is 19.5 Å². The molecule has 11 heteroatoms. The minimum atomic E-state index is -0.777. The van der Waals surface area contributed by atoms with E-state index >= 15 is 0 Å². The molecule has 3 unspecified atom stereocenters. The number of amides is 1. The molecule has 2 bridgehead atoms. The Labute approximate surface area is 188 Å². The molecule has 3 fully saturated rings. The molecule has 3 aliphatic rings. The van der Waals surface area contributed by atoms with Gasteiger partial charge < -0.3 is 19.0 Å². The van der Waals surface area contributed by atoms with Crippen molar-refractivity contribution < 1.29 is 14.3 Å². The number of β-amino-alcohol motifs (C(OH)–C–C–N with tert-alkyl or cyclic N) is 1. The average Bonchev–Trinajstić information content (AvgIpc) is 3.57. The molecule has 0 radical (unpaired) electrons. The van der Waals surface area contributed by atoms with Crippen LogP contribution in [-0.2, 0) is 6.54 Å². The fourth-order valence-corrected chi connectivity index (χ4v) is 5.87. The quantitative estimate of drug-likeness (QED) is 0.601. The fraction of sp³-hybridized carbons (Fsp3) is 0.545. The van der Waals surface area contributed by atoms with E-state index < -0.39 is 23.4 Å². The Morgan fingerprint density at radius 1 is 1.18 bits per heavy atom. The summed E-state index contributed by atoms with van der Waals surface area (Å²) in [5.74, 6) is 0. The molecule has 0 aromatic carbocycles. The van der Waals surface area contributed by atoms with Gasteiger partial charge in [0, 0.05) is 43.3 Å². The van der Waals surface area contributed by atoms with Crippen LogP contribution in [0.25, 0.3) is 11.2 Å². The first-order valence-electron chi connectivity index (χ1n) is 11.5. The zero-order valence-corrected chi connectivity index (χ0v) is 18.1. The van der Waals surface area contributed by atoms with Crippen molar-refractivity contribution in [3.63, 3.8) is 0 Å². The van der Waals surface area contributed by atoms with Gasteiger partial charge in [-0.05, 0) is 38.2 Å². The van der Waals surface area contributed by atoms with E-state index in [2.05, 4.69) is 14.9 Å². The Morgan fingerprint density at radius 2 is 1.97 bits per heavy atom. The van der Waals surface area contributed by atoms with Gasteiger partial charge in [0.2, 0.25) is 0 Å². The second-order valence-electron chi connectivity index (χ2n) is 9.40. The number of likely N-dealkylation sites (tertiary alicyclic amines) is 1. The number of rotatable bonds is 3. The number of H-pyrrole nitrogens is 1. The van der Waals surface area contributed by atoms with Crippen molar-refractivity contribution in [2.24, 2.45) is 0 Å². The number of hydrogen-bond donors (Lipinski definition) is 2. The number of imidazole rings is 1. The number of carbonyl (C=O) groups excluding carboxylic acids is 1. The number of aromatic amines is 1. The van der Waals surface area contributed by atoms with Crippen LogP contribution in [0, 0.1) is 0 Å². The van der Waals surface area contributed by atoms with Crippen molar-refractivity contribution in [1.29, 1.82) is 0 Å². The van der Waals surface area contributed by atoms with Crippen LogP contribution in [0.1, 0.15) is 43.7 Å². The Kier molecular flexibility index (Phi) is 4.77. The summed E-state index contributed by atoms with van der Waals surface area (Å²) in [6.45, 7) is 1.36. The van der Waals surface area contributed by atoms with Gasteiger partial charge in [-0.1, -0.05) is 0 Å². The van der Waals surface area contributed by atoms with Gasteiger partial charge in [-0.15, -0.1) is 0 Å². The third-order valence-electron chi connectivity index (χ3n) is 7.44. The zero-order chi connectivity index (χ0) is 22.7. The standard InChI is InChI=1S/C22H26N6O5/c29-17-3-5-25(10-17)22(32)28-20-18(19(30)24-21(28)31)23-12-27(20)16-7-14-1-2-15(8-16)26(14)9-13-4-6-33-11-13/h4,6,11-12,14-17,29H,1-3,5,7-10H2,(H,24,30,31). The first-order valence-corrected chi connectivity index (χ1v) is 11.5. The van der Waals surface area contributed by atoms with Crippen LogP contribution in [0.4, 0.5) is 4.79 Å². The van der Waals surface area contributed by atoms with E-state index in [-0.39, 0.29) is 23.8 Å². The second kappa shape index (κ2) is 7.70. The van der Waals surface area contributed by atoms with Gasteiger partial charge in [0.25, 0.3) is 5.56 Å². The summed E-state index contributed by atoms with van der Waals surface area (Å²) in [7, 11) is 0. The molecule has 3 aliphatic heterocycles. The van der Waals surface area contributed by atoms with Crippen molar-refractivity contribution >= 4 is 17.2 Å². The predicted molar refractivity (Wildman–Crippen MR) is 117 cm³/mol. The van der Waals surface area contributed by atoms with Crippen LogP contribution in [-0.4, -0.2) is 71.3 Å². The number of aliphatic hydroxyl groups excluding tert-OH is 1. The number of furan rings is 1. The molecule has 0 aliphatic carbocycles. The molecule has 3 atom stereocenters. The van der Waals surface area contributed by atoms with E-state index in [0.717, 1.165) is 42.4 Å². The molecule has 3 saturated heterocycles. The maximum Gasteiger partial charge on any atom is 0.338 e. The summed E-state index contributed by atoms with van der Waals surface area (Å²) in [6, 6.07) is 2.21.